The molecule has 0 saturated carbocycles. The summed E-state index contributed by atoms with van der Waals surface area (Å²) >= 11 is 0. The molecule has 40 heavy (non-hydrogen) atoms. The fourth-order valence-electron chi connectivity index (χ4n) is 4.19. The van der Waals surface area contributed by atoms with E-state index in [1.54, 1.807) is 45.3 Å². The highest BCUT2D eigenvalue weighted by Crippen LogP contribution is 2.21. The molecule has 0 spiro atoms. The number of carbonyl (C=O) groups excluding carboxylic acids is 1. The first-order valence-corrected chi connectivity index (χ1v) is 12.9. The third-order valence-corrected chi connectivity index (χ3v) is 6.46. The largest absolute Gasteiger partial charge is 0.494 e. The van der Waals surface area contributed by atoms with Gasteiger partial charge in [0.05, 0.1) is 14.2 Å². The molecule has 0 unspecified atom stereocenters. The van der Waals surface area contributed by atoms with Gasteiger partial charge in [-0.15, -0.1) is 5.10 Å². The van der Waals surface area contributed by atoms with E-state index in [2.05, 4.69) is 20.0 Å². The summed E-state index contributed by atoms with van der Waals surface area (Å²) in [6.45, 7) is 6.95. The maximum atomic E-state index is 13.5. The Morgan fingerprint density at radius 1 is 0.975 bits per heavy atom. The Morgan fingerprint density at radius 3 is 2.17 bits per heavy atom. The maximum Gasteiger partial charge on any atom is 0.234 e. The van der Waals surface area contributed by atoms with Crippen LogP contribution in [0.3, 0.4) is 0 Å². The number of hydrogen-bond acceptors (Lipinski definition) is 6. The van der Waals surface area contributed by atoms with E-state index in [0.717, 1.165) is 37.6 Å². The quantitative estimate of drug-likeness (QED) is 0.334. The zero-order chi connectivity index (χ0) is 29.2. The van der Waals surface area contributed by atoms with Crippen LogP contribution in [0.2, 0.25) is 0 Å². The molecule has 2 heterocycles. The number of methoxy groups -OCH3 is 2. The van der Waals surface area contributed by atoms with E-state index < -0.39 is 5.82 Å². The number of amidine groups is 1. The normalized spacial score (nSPS) is 14.0. The molecule has 4 rings (SSSR count). The van der Waals surface area contributed by atoms with Crippen molar-refractivity contribution >= 4 is 23.3 Å². The number of carbonyl (C=O) groups is 1. The number of amides is 1. The monoisotopic (exact) mass is 554 g/mol. The number of aromatic nitrogens is 2. The van der Waals surface area contributed by atoms with Crippen LogP contribution in [-0.4, -0.2) is 79.6 Å². The van der Waals surface area contributed by atoms with E-state index >= 15 is 0 Å². The number of anilines is 1. The summed E-state index contributed by atoms with van der Waals surface area (Å²) in [7, 11) is 6.52. The zero-order valence-electron chi connectivity index (χ0n) is 23.8. The van der Waals surface area contributed by atoms with Gasteiger partial charge in [-0.1, -0.05) is 19.1 Å². The van der Waals surface area contributed by atoms with E-state index in [-0.39, 0.29) is 17.5 Å². The van der Waals surface area contributed by atoms with Crippen LogP contribution < -0.4 is 14.4 Å². The van der Waals surface area contributed by atoms with E-state index in [0.29, 0.717) is 29.4 Å². The summed E-state index contributed by atoms with van der Waals surface area (Å²) < 4.78 is 38.3. The van der Waals surface area contributed by atoms with Crippen molar-refractivity contribution in [3.8, 4) is 11.6 Å². The van der Waals surface area contributed by atoms with E-state index in [4.69, 9.17) is 9.47 Å². The molecular formula is C29H36F2N6O3. The van der Waals surface area contributed by atoms with Crippen molar-refractivity contribution in [2.75, 3.05) is 52.3 Å². The summed E-state index contributed by atoms with van der Waals surface area (Å²) in [5, 5.41) is 4.25. The Hall–Kier alpha value is -4.28. The minimum atomic E-state index is -0.444. The number of ether oxygens (including phenoxy) is 2. The standard InChI is InChI=1S/C17H16F2N2O.C12H20N4O2/c1-11(12-4-7-14(18)8-5-12)21-17(20-2)13-6-9-15(19)16(10-13)22-3;1-4-12(17)16-7-5-15(6-8-16)11-9-10(18-3)13-14(11)2/h4-10H,1-3H3;9H,4-8H2,1-3H3. The van der Waals surface area contributed by atoms with Crippen molar-refractivity contribution < 1.29 is 23.0 Å². The lowest BCUT2D eigenvalue weighted by Crippen LogP contribution is -2.49. The average molecular weight is 555 g/mol. The van der Waals surface area contributed by atoms with Crippen LogP contribution in [-0.2, 0) is 11.8 Å². The van der Waals surface area contributed by atoms with Gasteiger partial charge in [0.1, 0.15) is 11.6 Å². The molecule has 214 valence electrons. The van der Waals surface area contributed by atoms with Crippen LogP contribution in [0.25, 0.3) is 0 Å². The van der Waals surface area contributed by atoms with Crippen molar-refractivity contribution in [2.45, 2.75) is 20.3 Å². The molecule has 0 N–H and O–H groups in total. The highest BCUT2D eigenvalue weighted by molar-refractivity contribution is 6.11. The van der Waals surface area contributed by atoms with Crippen LogP contribution in [0.5, 0.6) is 11.6 Å². The molecule has 1 aromatic heterocycles. The maximum absolute atomic E-state index is 13.5. The summed E-state index contributed by atoms with van der Waals surface area (Å²) in [6, 6.07) is 12.4. The van der Waals surface area contributed by atoms with Gasteiger partial charge in [0, 0.05) is 64.0 Å². The van der Waals surface area contributed by atoms with Crippen molar-refractivity contribution in [3.63, 3.8) is 0 Å². The highest BCUT2D eigenvalue weighted by atomic mass is 19.1. The lowest BCUT2D eigenvalue weighted by atomic mass is 10.1. The molecule has 9 nitrogen and oxygen atoms in total. The van der Waals surface area contributed by atoms with Crippen molar-refractivity contribution in [2.24, 2.45) is 17.0 Å². The minimum Gasteiger partial charge on any atom is -0.494 e. The Morgan fingerprint density at radius 2 is 1.62 bits per heavy atom. The van der Waals surface area contributed by atoms with Gasteiger partial charge in [0.25, 0.3) is 0 Å². The molecular weight excluding hydrogens is 518 g/mol. The summed E-state index contributed by atoms with van der Waals surface area (Å²) in [5.41, 5.74) is 2.11. The summed E-state index contributed by atoms with van der Waals surface area (Å²) in [4.78, 5) is 24.3. The van der Waals surface area contributed by atoms with Crippen molar-refractivity contribution in [1.82, 2.24) is 14.7 Å². The van der Waals surface area contributed by atoms with Gasteiger partial charge in [-0.3, -0.25) is 9.79 Å². The Kier molecular flexibility index (Phi) is 10.7. The number of rotatable bonds is 6. The summed E-state index contributed by atoms with van der Waals surface area (Å²) in [5.74, 6) is 1.73. The molecule has 3 aromatic rings. The molecule has 0 aliphatic carbocycles. The second-order valence-electron chi connectivity index (χ2n) is 8.99. The first-order valence-electron chi connectivity index (χ1n) is 12.9. The van der Waals surface area contributed by atoms with Gasteiger partial charge >= 0.3 is 0 Å². The van der Waals surface area contributed by atoms with E-state index in [9.17, 15) is 13.6 Å². The number of benzene rings is 2. The van der Waals surface area contributed by atoms with E-state index in [1.807, 2.05) is 29.6 Å². The first kappa shape index (κ1) is 30.3. The van der Waals surface area contributed by atoms with Crippen LogP contribution in [0.15, 0.2) is 58.5 Å². The van der Waals surface area contributed by atoms with Gasteiger partial charge in [0.15, 0.2) is 17.4 Å². The molecule has 11 heteroatoms. The fraction of sp³-hybridized carbons (Fsp3) is 0.379. The molecule has 0 atom stereocenters. The lowest BCUT2D eigenvalue weighted by Gasteiger charge is -2.35. The van der Waals surface area contributed by atoms with Crippen LogP contribution in [0.1, 0.15) is 31.4 Å². The molecule has 2 aromatic carbocycles. The SMILES string of the molecule is CCC(=O)N1CCN(c2cc(OC)nn2C)CC1.CN=C(N=C(C)c1ccc(F)cc1)c1ccc(F)c(OC)c1. The smallest absolute Gasteiger partial charge is 0.234 e. The fourth-order valence-corrected chi connectivity index (χ4v) is 4.19. The number of hydrogen-bond donors (Lipinski definition) is 0. The van der Waals surface area contributed by atoms with Crippen LogP contribution in [0.4, 0.5) is 14.6 Å². The molecule has 0 bridgehead atoms. The molecule has 1 aliphatic rings. The summed E-state index contributed by atoms with van der Waals surface area (Å²) in [6.07, 6.45) is 0.583. The molecule has 1 amide bonds. The molecule has 1 fully saturated rings. The second-order valence-corrected chi connectivity index (χ2v) is 8.99. The number of aryl methyl sites for hydroxylation is 1. The number of nitrogens with zero attached hydrogens (tertiary/aromatic N) is 6. The van der Waals surface area contributed by atoms with Gasteiger partial charge in [0.2, 0.25) is 11.8 Å². The first-order chi connectivity index (χ1) is 19.2. The number of piperazine rings is 1. The highest BCUT2D eigenvalue weighted by Gasteiger charge is 2.22. The third-order valence-electron chi connectivity index (χ3n) is 6.46. The topological polar surface area (TPSA) is 84.5 Å². The average Bonchev–Trinajstić information content (AvgIpc) is 3.37. The minimum absolute atomic E-state index is 0.133. The number of halogens is 2. The predicted molar refractivity (Wildman–Crippen MR) is 153 cm³/mol. The van der Waals surface area contributed by atoms with Gasteiger partial charge in [-0.2, -0.15) is 0 Å². The van der Waals surface area contributed by atoms with Gasteiger partial charge < -0.3 is 19.3 Å². The molecule has 0 radical (unpaired) electrons. The zero-order valence-corrected chi connectivity index (χ0v) is 23.8. The van der Waals surface area contributed by atoms with Gasteiger partial charge in [-0.25, -0.2) is 18.5 Å². The second kappa shape index (κ2) is 14.2. The lowest BCUT2D eigenvalue weighted by molar-refractivity contribution is -0.131. The predicted octanol–water partition coefficient (Wildman–Crippen LogP) is 4.35. The van der Waals surface area contributed by atoms with Crippen molar-refractivity contribution in [1.29, 1.82) is 0 Å². The van der Waals surface area contributed by atoms with Gasteiger partial charge in [-0.05, 0) is 42.8 Å². The molecule has 1 aliphatic heterocycles. The van der Waals surface area contributed by atoms with Crippen LogP contribution >= 0.6 is 0 Å². The van der Waals surface area contributed by atoms with Crippen molar-refractivity contribution in [3.05, 3.63) is 71.3 Å². The molecule has 1 saturated heterocycles. The Balaban J connectivity index is 0.000000225. The van der Waals surface area contributed by atoms with E-state index in [1.165, 1.54) is 25.3 Å². The Labute approximate surface area is 233 Å². The van der Waals surface area contributed by atoms with Crippen LogP contribution in [0, 0.1) is 11.6 Å². The Bertz CT molecular complexity index is 1350. The number of aliphatic imine (C=N–C) groups is 2. The third kappa shape index (κ3) is 7.64.